The molecule has 10 heteroatoms. The molecule has 0 saturated carbocycles. The van der Waals surface area contributed by atoms with Crippen molar-refractivity contribution in [2.45, 2.75) is 12.5 Å². The largest absolute Gasteiger partial charge is 0.326 e. The van der Waals surface area contributed by atoms with E-state index < -0.39 is 23.8 Å². The SMILES string of the molecule is CN1C(=O)C(CC(=O)Nc2ccc(Cl)cc2)N(NC(=O)c2ccccn2)C1=S. The molecule has 2 heterocycles. The molecule has 1 aromatic carbocycles. The highest BCUT2D eigenvalue weighted by Crippen LogP contribution is 2.19. The molecule has 3 rings (SSSR count). The van der Waals surface area contributed by atoms with Gasteiger partial charge in [-0.3, -0.25) is 29.7 Å². The third-order valence-corrected chi connectivity index (χ3v) is 4.77. The molecule has 1 saturated heterocycles. The summed E-state index contributed by atoms with van der Waals surface area (Å²) >= 11 is 11.1. The van der Waals surface area contributed by atoms with Crippen LogP contribution in [0.2, 0.25) is 5.02 Å². The Labute approximate surface area is 171 Å². The molecule has 1 unspecified atom stereocenters. The molecule has 8 nitrogen and oxygen atoms in total. The van der Waals surface area contributed by atoms with Crippen LogP contribution in [-0.2, 0) is 9.59 Å². The first-order valence-electron chi connectivity index (χ1n) is 8.25. The van der Waals surface area contributed by atoms with E-state index in [4.69, 9.17) is 23.8 Å². The number of nitrogens with zero attached hydrogens (tertiary/aromatic N) is 3. The molecule has 0 radical (unpaired) electrons. The zero-order chi connectivity index (χ0) is 20.3. The van der Waals surface area contributed by atoms with Crippen molar-refractivity contribution in [3.63, 3.8) is 0 Å². The Balaban J connectivity index is 1.72. The molecule has 2 aromatic rings. The first kappa shape index (κ1) is 19.7. The maximum absolute atomic E-state index is 12.5. The van der Waals surface area contributed by atoms with Gasteiger partial charge in [0.2, 0.25) is 5.91 Å². The molecule has 1 aromatic heterocycles. The van der Waals surface area contributed by atoms with Gasteiger partial charge in [-0.1, -0.05) is 17.7 Å². The van der Waals surface area contributed by atoms with Crippen LogP contribution in [0.5, 0.6) is 0 Å². The third kappa shape index (κ3) is 4.26. The van der Waals surface area contributed by atoms with E-state index in [-0.39, 0.29) is 17.2 Å². The van der Waals surface area contributed by atoms with Crippen molar-refractivity contribution >= 4 is 52.3 Å². The Hall–Kier alpha value is -3.04. The number of rotatable bonds is 5. The van der Waals surface area contributed by atoms with E-state index >= 15 is 0 Å². The number of nitrogens with one attached hydrogen (secondary N) is 2. The zero-order valence-corrected chi connectivity index (χ0v) is 16.3. The minimum absolute atomic E-state index is 0.0959. The van der Waals surface area contributed by atoms with Gasteiger partial charge in [0.25, 0.3) is 11.8 Å². The third-order valence-electron chi connectivity index (χ3n) is 4.05. The Morgan fingerprint density at radius 3 is 2.57 bits per heavy atom. The van der Waals surface area contributed by atoms with Gasteiger partial charge in [-0.25, -0.2) is 5.01 Å². The summed E-state index contributed by atoms with van der Waals surface area (Å²) in [7, 11) is 1.49. The van der Waals surface area contributed by atoms with Gasteiger partial charge >= 0.3 is 0 Å². The number of anilines is 1. The lowest BCUT2D eigenvalue weighted by molar-refractivity contribution is -0.130. The Kier molecular flexibility index (Phi) is 5.86. The van der Waals surface area contributed by atoms with E-state index in [9.17, 15) is 14.4 Å². The number of thiocarbonyl (C=S) groups is 1. The molecule has 1 fully saturated rings. The number of hydrogen-bond acceptors (Lipinski definition) is 5. The van der Waals surface area contributed by atoms with Gasteiger partial charge in [0.05, 0.1) is 6.42 Å². The second kappa shape index (κ2) is 8.32. The number of carbonyl (C=O) groups is 3. The first-order valence-corrected chi connectivity index (χ1v) is 9.03. The van der Waals surface area contributed by atoms with Crippen LogP contribution in [0.1, 0.15) is 16.9 Å². The highest BCUT2D eigenvalue weighted by atomic mass is 35.5. The monoisotopic (exact) mass is 417 g/mol. The van der Waals surface area contributed by atoms with Crippen molar-refractivity contribution in [1.29, 1.82) is 0 Å². The lowest BCUT2D eigenvalue weighted by Gasteiger charge is -2.23. The van der Waals surface area contributed by atoms with Gasteiger partial charge in [-0.15, -0.1) is 0 Å². The summed E-state index contributed by atoms with van der Waals surface area (Å²) in [5.74, 6) is -1.33. The molecule has 28 heavy (non-hydrogen) atoms. The van der Waals surface area contributed by atoms with Crippen LogP contribution in [-0.4, -0.2) is 50.8 Å². The number of carbonyl (C=O) groups excluding carboxylic acids is 3. The maximum Gasteiger partial charge on any atom is 0.288 e. The van der Waals surface area contributed by atoms with Gasteiger partial charge in [-0.2, -0.15) is 0 Å². The van der Waals surface area contributed by atoms with Crippen LogP contribution in [0.4, 0.5) is 5.69 Å². The van der Waals surface area contributed by atoms with Crippen molar-refractivity contribution in [2.75, 3.05) is 12.4 Å². The van der Waals surface area contributed by atoms with Crippen LogP contribution in [0.15, 0.2) is 48.7 Å². The second-order valence-corrected chi connectivity index (χ2v) is 6.78. The number of benzene rings is 1. The number of likely N-dealkylation sites (N-methyl/N-ethyl adjacent to an activating group) is 1. The minimum atomic E-state index is -0.961. The Bertz CT molecular complexity index is 923. The summed E-state index contributed by atoms with van der Waals surface area (Å²) in [6, 6.07) is 10.5. The standard InChI is InChI=1S/C18H16ClN5O3S/c1-23-17(27)14(10-15(25)21-12-7-5-11(19)6-8-12)24(18(23)28)22-16(26)13-4-2-3-9-20-13/h2-9,14H,10H2,1H3,(H,21,25)(H,22,26). The van der Waals surface area contributed by atoms with Crippen LogP contribution < -0.4 is 10.7 Å². The van der Waals surface area contributed by atoms with Crippen molar-refractivity contribution < 1.29 is 14.4 Å². The molecule has 1 atom stereocenters. The van der Waals surface area contributed by atoms with Crippen LogP contribution in [0.3, 0.4) is 0 Å². The van der Waals surface area contributed by atoms with Gasteiger partial charge in [0, 0.05) is 24.0 Å². The highest BCUT2D eigenvalue weighted by molar-refractivity contribution is 7.80. The quantitative estimate of drug-likeness (QED) is 0.721. The summed E-state index contributed by atoms with van der Waals surface area (Å²) in [4.78, 5) is 42.5. The fourth-order valence-electron chi connectivity index (χ4n) is 2.61. The fraction of sp³-hybridized carbons (Fsp3) is 0.167. The Morgan fingerprint density at radius 2 is 1.93 bits per heavy atom. The van der Waals surface area contributed by atoms with Crippen LogP contribution in [0.25, 0.3) is 0 Å². The summed E-state index contributed by atoms with van der Waals surface area (Å²) in [5.41, 5.74) is 3.27. The molecular weight excluding hydrogens is 402 g/mol. The average Bonchev–Trinajstić information content (AvgIpc) is 2.88. The van der Waals surface area contributed by atoms with Gasteiger partial charge in [-0.05, 0) is 48.6 Å². The number of halogens is 1. The van der Waals surface area contributed by atoms with E-state index in [1.807, 2.05) is 0 Å². The molecule has 2 N–H and O–H groups in total. The average molecular weight is 418 g/mol. The van der Waals surface area contributed by atoms with Crippen molar-refractivity contribution in [2.24, 2.45) is 0 Å². The predicted molar refractivity (Wildman–Crippen MR) is 107 cm³/mol. The topological polar surface area (TPSA) is 94.6 Å². The fourth-order valence-corrected chi connectivity index (χ4v) is 3.00. The molecular formula is C18H16ClN5O3S. The summed E-state index contributed by atoms with van der Waals surface area (Å²) in [6.45, 7) is 0. The van der Waals surface area contributed by atoms with Crippen LogP contribution in [0, 0.1) is 0 Å². The lowest BCUT2D eigenvalue weighted by atomic mass is 10.2. The van der Waals surface area contributed by atoms with E-state index in [0.717, 1.165) is 0 Å². The molecule has 3 amide bonds. The van der Waals surface area contributed by atoms with E-state index in [1.54, 1.807) is 36.4 Å². The van der Waals surface area contributed by atoms with E-state index in [1.165, 1.54) is 29.2 Å². The van der Waals surface area contributed by atoms with Crippen molar-refractivity contribution in [1.82, 2.24) is 20.3 Å². The van der Waals surface area contributed by atoms with Crippen molar-refractivity contribution in [3.8, 4) is 0 Å². The number of pyridine rings is 1. The smallest absolute Gasteiger partial charge is 0.288 e. The van der Waals surface area contributed by atoms with Gasteiger partial charge < -0.3 is 5.32 Å². The van der Waals surface area contributed by atoms with Crippen molar-refractivity contribution in [3.05, 3.63) is 59.4 Å². The number of aromatic nitrogens is 1. The molecule has 144 valence electrons. The number of hydrazine groups is 1. The highest BCUT2D eigenvalue weighted by Gasteiger charge is 2.42. The second-order valence-electron chi connectivity index (χ2n) is 5.98. The van der Waals surface area contributed by atoms with Crippen LogP contribution >= 0.6 is 23.8 Å². The summed E-state index contributed by atoms with van der Waals surface area (Å²) in [6.07, 6.45) is 1.28. The van der Waals surface area contributed by atoms with E-state index in [0.29, 0.717) is 10.7 Å². The molecule has 0 aliphatic carbocycles. The zero-order valence-electron chi connectivity index (χ0n) is 14.8. The summed E-state index contributed by atoms with van der Waals surface area (Å²) in [5, 5.41) is 4.54. The normalized spacial score (nSPS) is 16.3. The predicted octanol–water partition coefficient (Wildman–Crippen LogP) is 1.84. The van der Waals surface area contributed by atoms with Gasteiger partial charge in [0.1, 0.15) is 11.7 Å². The number of hydrogen-bond donors (Lipinski definition) is 2. The molecule has 1 aliphatic heterocycles. The first-order chi connectivity index (χ1) is 13.4. The minimum Gasteiger partial charge on any atom is -0.326 e. The number of amides is 3. The molecule has 0 bridgehead atoms. The molecule has 0 spiro atoms. The summed E-state index contributed by atoms with van der Waals surface area (Å²) < 4.78 is 0. The lowest BCUT2D eigenvalue weighted by Crippen LogP contribution is -2.49. The maximum atomic E-state index is 12.5. The molecule has 1 aliphatic rings. The van der Waals surface area contributed by atoms with Gasteiger partial charge in [0.15, 0.2) is 5.11 Å². The van der Waals surface area contributed by atoms with E-state index in [2.05, 4.69) is 15.7 Å². The Morgan fingerprint density at radius 1 is 1.21 bits per heavy atom.